The zero-order valence-electron chi connectivity index (χ0n) is 10.8. The van der Waals surface area contributed by atoms with Crippen molar-refractivity contribution in [1.82, 2.24) is 14.9 Å². The second kappa shape index (κ2) is 4.85. The van der Waals surface area contributed by atoms with E-state index in [-0.39, 0.29) is 0 Å². The highest BCUT2D eigenvalue weighted by molar-refractivity contribution is 5.45. The van der Waals surface area contributed by atoms with Crippen LogP contribution in [0.1, 0.15) is 16.8 Å². The molecule has 98 valence electrons. The van der Waals surface area contributed by atoms with Gasteiger partial charge in [0.15, 0.2) is 0 Å². The maximum atomic E-state index is 5.95. The van der Waals surface area contributed by atoms with Gasteiger partial charge in [-0.25, -0.2) is 0 Å². The van der Waals surface area contributed by atoms with Gasteiger partial charge < -0.3 is 10.5 Å². The monoisotopic (exact) mass is 256 g/mol. The lowest BCUT2D eigenvalue weighted by Gasteiger charge is -2.14. The summed E-state index contributed by atoms with van der Waals surface area (Å²) in [6.45, 7) is 2.46. The molecule has 3 rings (SSSR count). The number of nitrogens with zero attached hydrogens (tertiary/aromatic N) is 3. The summed E-state index contributed by atoms with van der Waals surface area (Å²) in [4.78, 5) is 10.8. The molecule has 2 heterocycles. The Hall–Kier alpha value is -2.14. The van der Waals surface area contributed by atoms with Gasteiger partial charge in [-0.15, -0.1) is 0 Å². The summed E-state index contributed by atoms with van der Waals surface area (Å²) in [5.74, 6) is 0.525. The van der Waals surface area contributed by atoms with Crippen molar-refractivity contribution in [3.05, 3.63) is 47.2 Å². The lowest BCUT2D eigenvalue weighted by atomic mass is 10.2. The maximum Gasteiger partial charge on any atom is 0.318 e. The number of ether oxygens (including phenoxy) is 1. The molecule has 0 fully saturated rings. The van der Waals surface area contributed by atoms with Gasteiger partial charge in [-0.2, -0.15) is 9.97 Å². The molecule has 1 aromatic carbocycles. The van der Waals surface area contributed by atoms with Gasteiger partial charge >= 0.3 is 6.01 Å². The molecule has 2 aromatic rings. The van der Waals surface area contributed by atoms with E-state index >= 15 is 0 Å². The third kappa shape index (κ3) is 2.37. The molecular weight excluding hydrogens is 240 g/mol. The van der Waals surface area contributed by atoms with Crippen LogP contribution in [0.4, 0.5) is 5.82 Å². The van der Waals surface area contributed by atoms with Crippen molar-refractivity contribution in [1.29, 1.82) is 0 Å². The molecule has 1 aromatic heterocycles. The fourth-order valence-electron chi connectivity index (χ4n) is 2.37. The van der Waals surface area contributed by atoms with Crippen LogP contribution < -0.4 is 10.5 Å². The Morgan fingerprint density at radius 1 is 1.21 bits per heavy atom. The minimum absolute atomic E-state index is 0.345. The Morgan fingerprint density at radius 2 is 2.00 bits per heavy atom. The minimum Gasteiger partial charge on any atom is -0.467 e. The summed E-state index contributed by atoms with van der Waals surface area (Å²) >= 11 is 0. The van der Waals surface area contributed by atoms with Crippen molar-refractivity contribution in [2.24, 2.45) is 0 Å². The van der Waals surface area contributed by atoms with E-state index in [0.29, 0.717) is 11.8 Å². The first-order valence-corrected chi connectivity index (χ1v) is 6.22. The molecule has 1 aliphatic heterocycles. The van der Waals surface area contributed by atoms with E-state index in [1.165, 1.54) is 5.56 Å². The Kier molecular flexibility index (Phi) is 3.05. The van der Waals surface area contributed by atoms with E-state index in [2.05, 4.69) is 39.1 Å². The number of fused-ring (bicyclic) bond motifs is 1. The molecule has 5 heteroatoms. The highest BCUT2D eigenvalue weighted by atomic mass is 16.5. The van der Waals surface area contributed by atoms with Crippen LogP contribution in [-0.4, -0.2) is 22.0 Å². The number of hydrogen-bond acceptors (Lipinski definition) is 5. The number of anilines is 1. The molecule has 0 spiro atoms. The molecule has 0 radical (unpaired) electrons. The van der Waals surface area contributed by atoms with Gasteiger partial charge in [-0.1, -0.05) is 30.3 Å². The van der Waals surface area contributed by atoms with Crippen molar-refractivity contribution in [3.8, 4) is 6.01 Å². The molecule has 0 saturated carbocycles. The van der Waals surface area contributed by atoms with Crippen LogP contribution in [0.15, 0.2) is 30.3 Å². The van der Waals surface area contributed by atoms with E-state index in [9.17, 15) is 0 Å². The third-order valence-corrected chi connectivity index (χ3v) is 3.29. The molecule has 2 N–H and O–H groups in total. The largest absolute Gasteiger partial charge is 0.467 e. The number of nitrogen functional groups attached to an aromatic ring is 1. The van der Waals surface area contributed by atoms with Crippen LogP contribution in [0.2, 0.25) is 0 Å². The number of nitrogens with two attached hydrogens (primary N) is 1. The fraction of sp³-hybridized carbons (Fsp3) is 0.286. The van der Waals surface area contributed by atoms with Gasteiger partial charge in [-0.3, -0.25) is 4.90 Å². The van der Waals surface area contributed by atoms with Crippen molar-refractivity contribution in [3.63, 3.8) is 0 Å². The molecule has 1 aliphatic rings. The first kappa shape index (κ1) is 11.9. The highest BCUT2D eigenvalue weighted by Crippen LogP contribution is 2.27. The van der Waals surface area contributed by atoms with Crippen molar-refractivity contribution < 1.29 is 4.74 Å². The van der Waals surface area contributed by atoms with Gasteiger partial charge in [0.1, 0.15) is 5.82 Å². The number of benzene rings is 1. The number of rotatable bonds is 3. The summed E-state index contributed by atoms with van der Waals surface area (Å²) in [7, 11) is 1.55. The molecule has 5 nitrogen and oxygen atoms in total. The minimum atomic E-state index is 0.345. The molecule has 0 amide bonds. The first-order valence-electron chi connectivity index (χ1n) is 6.22. The van der Waals surface area contributed by atoms with E-state index in [0.717, 1.165) is 30.9 Å². The van der Waals surface area contributed by atoms with Crippen molar-refractivity contribution >= 4 is 5.82 Å². The zero-order chi connectivity index (χ0) is 13.2. The Balaban J connectivity index is 1.79. The second-order valence-electron chi connectivity index (χ2n) is 4.65. The summed E-state index contributed by atoms with van der Waals surface area (Å²) in [5, 5.41) is 0. The maximum absolute atomic E-state index is 5.95. The van der Waals surface area contributed by atoms with Crippen LogP contribution >= 0.6 is 0 Å². The van der Waals surface area contributed by atoms with Gasteiger partial charge in [-0.05, 0) is 5.56 Å². The molecule has 0 aliphatic carbocycles. The highest BCUT2D eigenvalue weighted by Gasteiger charge is 2.24. The predicted molar refractivity (Wildman–Crippen MR) is 72.4 cm³/mol. The molecule has 19 heavy (non-hydrogen) atoms. The van der Waals surface area contributed by atoms with Crippen LogP contribution in [0.25, 0.3) is 0 Å². The lowest BCUT2D eigenvalue weighted by molar-refractivity contribution is 0.273. The summed E-state index contributed by atoms with van der Waals surface area (Å²) < 4.78 is 5.05. The van der Waals surface area contributed by atoms with Gasteiger partial charge in [0.2, 0.25) is 0 Å². The Bertz CT molecular complexity index is 585. The molecular formula is C14H16N4O. The molecule has 0 bridgehead atoms. The Labute approximate surface area is 112 Å². The third-order valence-electron chi connectivity index (χ3n) is 3.29. The molecule has 0 saturated heterocycles. The number of aromatic nitrogens is 2. The summed E-state index contributed by atoms with van der Waals surface area (Å²) in [6.07, 6.45) is 0. The van der Waals surface area contributed by atoms with Gasteiger partial charge in [0, 0.05) is 25.2 Å². The van der Waals surface area contributed by atoms with Crippen LogP contribution in [-0.2, 0) is 19.6 Å². The van der Waals surface area contributed by atoms with Crippen molar-refractivity contribution in [2.75, 3.05) is 12.8 Å². The second-order valence-corrected chi connectivity index (χ2v) is 4.65. The first-order chi connectivity index (χ1) is 9.26. The van der Waals surface area contributed by atoms with E-state index in [1.807, 2.05) is 6.07 Å². The van der Waals surface area contributed by atoms with Crippen molar-refractivity contribution in [2.45, 2.75) is 19.6 Å². The molecule has 0 unspecified atom stereocenters. The van der Waals surface area contributed by atoms with Gasteiger partial charge in [0.05, 0.1) is 12.8 Å². The average Bonchev–Trinajstić information content (AvgIpc) is 2.83. The van der Waals surface area contributed by atoms with Gasteiger partial charge in [0.25, 0.3) is 0 Å². The number of methoxy groups -OCH3 is 1. The van der Waals surface area contributed by atoms with Crippen LogP contribution in [0, 0.1) is 0 Å². The van der Waals surface area contributed by atoms with E-state index in [4.69, 9.17) is 10.5 Å². The standard InChI is InChI=1S/C14H16N4O/c1-19-14-16-12-9-18(8-11(12)13(15)17-14)7-10-5-3-2-4-6-10/h2-6H,7-9H2,1H3,(H2,15,16,17). The number of hydrogen-bond donors (Lipinski definition) is 1. The van der Waals surface area contributed by atoms with Crippen LogP contribution in [0.3, 0.4) is 0 Å². The van der Waals surface area contributed by atoms with E-state index < -0.39 is 0 Å². The quantitative estimate of drug-likeness (QED) is 0.903. The SMILES string of the molecule is COc1nc(N)c2c(n1)CN(Cc1ccccc1)C2. The Morgan fingerprint density at radius 3 is 2.74 bits per heavy atom. The average molecular weight is 256 g/mol. The normalized spacial score (nSPS) is 14.4. The van der Waals surface area contributed by atoms with E-state index in [1.54, 1.807) is 7.11 Å². The molecule has 0 atom stereocenters. The lowest BCUT2D eigenvalue weighted by Crippen LogP contribution is -2.15. The van der Waals surface area contributed by atoms with Crippen LogP contribution in [0.5, 0.6) is 6.01 Å². The fourth-order valence-corrected chi connectivity index (χ4v) is 2.37. The summed E-state index contributed by atoms with van der Waals surface area (Å²) in [6, 6.07) is 10.7. The predicted octanol–water partition coefficient (Wildman–Crippen LogP) is 1.58. The smallest absolute Gasteiger partial charge is 0.318 e. The zero-order valence-corrected chi connectivity index (χ0v) is 10.8. The topological polar surface area (TPSA) is 64.3 Å². The summed E-state index contributed by atoms with van der Waals surface area (Å²) in [5.41, 5.74) is 9.23.